The minimum absolute atomic E-state index is 0.00723. The maximum atomic E-state index is 13.7. The Bertz CT molecular complexity index is 2160. The Labute approximate surface area is 279 Å². The lowest BCUT2D eigenvalue weighted by Crippen LogP contribution is -2.37. The molecular weight excluding hydrogens is 671 g/mol. The van der Waals surface area contributed by atoms with Gasteiger partial charge in [-0.25, -0.2) is 19.4 Å². The van der Waals surface area contributed by atoms with Crippen molar-refractivity contribution in [1.82, 2.24) is 38.6 Å². The highest BCUT2D eigenvalue weighted by molar-refractivity contribution is 7.98. The quantitative estimate of drug-likeness (QED) is 0.203. The number of hydrogen-bond donors (Lipinski definition) is 2. The molecule has 2 N–H and O–H groups in total. The number of rotatable bonds is 10. The van der Waals surface area contributed by atoms with E-state index >= 15 is 0 Å². The highest BCUT2D eigenvalue weighted by atomic mass is 32.2. The molecule has 0 aliphatic rings. The van der Waals surface area contributed by atoms with Gasteiger partial charge < -0.3 is 24.1 Å². The van der Waals surface area contributed by atoms with Crippen molar-refractivity contribution in [2.45, 2.75) is 18.0 Å². The topological polar surface area (TPSA) is 169 Å². The van der Waals surface area contributed by atoms with Crippen LogP contribution in [0.1, 0.15) is 21.7 Å². The number of aromatic nitrogens is 7. The first-order chi connectivity index (χ1) is 23.2. The van der Waals surface area contributed by atoms with E-state index < -0.39 is 29.0 Å². The second kappa shape index (κ2) is 13.7. The number of carbonyl (C=O) groups is 1. The normalized spacial score (nSPS) is 11.3. The number of hydrogen-bond acceptors (Lipinski definition) is 12. The molecule has 256 valence electrons. The summed E-state index contributed by atoms with van der Waals surface area (Å²) in [4.78, 5) is 51.1. The summed E-state index contributed by atoms with van der Waals surface area (Å²) < 4.78 is 62.6. The van der Waals surface area contributed by atoms with E-state index in [0.717, 1.165) is 15.3 Å². The van der Waals surface area contributed by atoms with Crippen LogP contribution in [-0.2, 0) is 20.3 Å². The first-order valence-electron chi connectivity index (χ1n) is 14.0. The number of halogens is 3. The van der Waals surface area contributed by atoms with Gasteiger partial charge in [-0.15, -0.1) is 0 Å². The fraction of sp³-hybridized carbons (Fsp3) is 0.233. The third kappa shape index (κ3) is 7.20. The predicted octanol–water partition coefficient (Wildman–Crippen LogP) is 3.66. The van der Waals surface area contributed by atoms with Crippen molar-refractivity contribution in [3.63, 3.8) is 0 Å². The van der Waals surface area contributed by atoms with E-state index in [9.17, 15) is 27.6 Å². The third-order valence-corrected chi connectivity index (χ3v) is 7.81. The van der Waals surface area contributed by atoms with Gasteiger partial charge in [-0.05, 0) is 31.0 Å². The molecule has 0 saturated carbocycles. The molecule has 15 nitrogen and oxygen atoms in total. The fourth-order valence-corrected chi connectivity index (χ4v) is 5.31. The summed E-state index contributed by atoms with van der Waals surface area (Å²) in [5.41, 5.74) is -1.44. The maximum Gasteiger partial charge on any atom is 0.435 e. The fourth-order valence-electron chi connectivity index (χ4n) is 4.56. The van der Waals surface area contributed by atoms with E-state index in [4.69, 9.17) is 14.2 Å². The standard InChI is InChI=1S/C30H28F3N9O6S/c1-15-7-23(30(31,32)33)38-42(15)24-21(13-35-28(37-24)36-17-9-18(46-4)11-19(10-17)47-5)16-8-20(26(48-6)34-12-16)25(43)39-49-22-14-40(2)29(45)41(3)27(22)44/h7-14H,1-6H3,(H,39,43)(H,35,36,37). The second-order valence-electron chi connectivity index (χ2n) is 10.3. The van der Waals surface area contributed by atoms with E-state index in [-0.39, 0.29) is 44.9 Å². The first kappa shape index (κ1) is 34.5. The molecule has 0 aliphatic heterocycles. The van der Waals surface area contributed by atoms with Crippen LogP contribution in [0.15, 0.2) is 63.4 Å². The lowest BCUT2D eigenvalue weighted by Gasteiger charge is -2.15. The number of pyridine rings is 1. The summed E-state index contributed by atoms with van der Waals surface area (Å²) in [5, 5.41) is 6.77. The smallest absolute Gasteiger partial charge is 0.435 e. The highest BCUT2D eigenvalue weighted by Gasteiger charge is 2.35. The van der Waals surface area contributed by atoms with Gasteiger partial charge in [0.05, 0.1) is 21.3 Å². The molecule has 0 aliphatic carbocycles. The Hall–Kier alpha value is -5.85. The molecule has 5 rings (SSSR count). The second-order valence-corrected chi connectivity index (χ2v) is 11.2. The number of anilines is 2. The molecule has 0 fully saturated rings. The molecule has 0 unspecified atom stereocenters. The van der Waals surface area contributed by atoms with Crippen molar-refractivity contribution in [2.75, 3.05) is 26.6 Å². The molecule has 19 heteroatoms. The van der Waals surface area contributed by atoms with Crippen LogP contribution in [0.3, 0.4) is 0 Å². The van der Waals surface area contributed by atoms with E-state index in [1.54, 1.807) is 18.2 Å². The third-order valence-electron chi connectivity index (χ3n) is 7.02. The highest BCUT2D eigenvalue weighted by Crippen LogP contribution is 2.34. The minimum Gasteiger partial charge on any atom is -0.497 e. The summed E-state index contributed by atoms with van der Waals surface area (Å²) in [7, 11) is 7.01. The van der Waals surface area contributed by atoms with Gasteiger partial charge in [0.1, 0.15) is 22.0 Å². The van der Waals surface area contributed by atoms with Gasteiger partial charge in [0.25, 0.3) is 11.5 Å². The Balaban J connectivity index is 1.58. The summed E-state index contributed by atoms with van der Waals surface area (Å²) in [5.74, 6) is 0.0312. The Morgan fingerprint density at radius 3 is 2.24 bits per heavy atom. The van der Waals surface area contributed by atoms with Gasteiger partial charge in [0.15, 0.2) is 11.5 Å². The number of amides is 1. The van der Waals surface area contributed by atoms with Crippen molar-refractivity contribution in [1.29, 1.82) is 0 Å². The van der Waals surface area contributed by atoms with Crippen LogP contribution < -0.4 is 35.5 Å². The van der Waals surface area contributed by atoms with Gasteiger partial charge in [-0.3, -0.25) is 18.9 Å². The van der Waals surface area contributed by atoms with Gasteiger partial charge in [0.2, 0.25) is 11.8 Å². The Kier molecular flexibility index (Phi) is 9.65. The van der Waals surface area contributed by atoms with E-state index in [0.29, 0.717) is 29.1 Å². The van der Waals surface area contributed by atoms with Crippen molar-refractivity contribution >= 4 is 29.5 Å². The molecule has 0 atom stereocenters. The number of methoxy groups -OCH3 is 3. The van der Waals surface area contributed by atoms with Gasteiger partial charge >= 0.3 is 11.9 Å². The minimum atomic E-state index is -4.74. The number of nitrogens with zero attached hydrogens (tertiary/aromatic N) is 7. The summed E-state index contributed by atoms with van der Waals surface area (Å²) in [6.07, 6.45) is -0.788. The SMILES string of the molecule is COc1cc(Nc2ncc(-c3cnc(OC)c(C(=O)NSc4cn(C)c(=O)n(C)c4=O)c3)c(-n3nc(C(F)(F)F)cc3C)n2)cc(OC)c1. The van der Waals surface area contributed by atoms with Crippen molar-refractivity contribution in [3.8, 4) is 34.3 Å². The zero-order valence-corrected chi connectivity index (χ0v) is 27.6. The van der Waals surface area contributed by atoms with E-state index in [1.807, 2.05) is 0 Å². The number of nitrogens with one attached hydrogen (secondary N) is 2. The van der Waals surface area contributed by atoms with Gasteiger partial charge in [-0.1, -0.05) is 0 Å². The molecule has 5 aromatic rings. The van der Waals surface area contributed by atoms with Crippen LogP contribution in [0.5, 0.6) is 17.4 Å². The molecule has 1 amide bonds. The van der Waals surface area contributed by atoms with Crippen LogP contribution >= 0.6 is 11.9 Å². The molecule has 4 heterocycles. The lowest BCUT2D eigenvalue weighted by molar-refractivity contribution is -0.141. The molecule has 0 bridgehead atoms. The van der Waals surface area contributed by atoms with Gasteiger partial charge in [0, 0.05) is 73.4 Å². The van der Waals surface area contributed by atoms with Crippen LogP contribution in [0, 0.1) is 6.92 Å². The summed E-state index contributed by atoms with van der Waals surface area (Å²) in [6.45, 7) is 1.43. The molecule has 4 aromatic heterocycles. The molecule has 49 heavy (non-hydrogen) atoms. The monoisotopic (exact) mass is 699 g/mol. The maximum absolute atomic E-state index is 13.7. The van der Waals surface area contributed by atoms with E-state index in [2.05, 4.69) is 30.1 Å². The molecule has 0 spiro atoms. The molecule has 0 radical (unpaired) electrons. The van der Waals surface area contributed by atoms with E-state index in [1.165, 1.54) is 71.6 Å². The van der Waals surface area contributed by atoms with Gasteiger partial charge in [-0.2, -0.15) is 23.3 Å². The average Bonchev–Trinajstić information content (AvgIpc) is 3.49. The summed E-state index contributed by atoms with van der Waals surface area (Å²) >= 11 is 0.675. The number of ether oxygens (including phenoxy) is 3. The van der Waals surface area contributed by atoms with Crippen LogP contribution in [-0.4, -0.2) is 61.1 Å². The molecule has 0 saturated heterocycles. The number of aryl methyl sites for hydroxylation is 2. The van der Waals surface area contributed by atoms with Crippen LogP contribution in [0.4, 0.5) is 24.8 Å². The zero-order chi connectivity index (χ0) is 35.6. The number of alkyl halides is 3. The number of carbonyl (C=O) groups excluding carboxylic acids is 1. The summed E-state index contributed by atoms with van der Waals surface area (Å²) in [6, 6.07) is 7.18. The molecular formula is C30H28F3N9O6S. The molecule has 1 aromatic carbocycles. The first-order valence-corrected chi connectivity index (χ1v) is 14.8. The van der Waals surface area contributed by atoms with Crippen molar-refractivity contribution in [2.24, 2.45) is 14.1 Å². The average molecular weight is 700 g/mol. The predicted molar refractivity (Wildman–Crippen MR) is 172 cm³/mol. The largest absolute Gasteiger partial charge is 0.497 e. The zero-order valence-electron chi connectivity index (χ0n) is 26.7. The van der Waals surface area contributed by atoms with Crippen LogP contribution in [0.25, 0.3) is 16.9 Å². The lowest BCUT2D eigenvalue weighted by atomic mass is 10.1. The van der Waals surface area contributed by atoms with Crippen molar-refractivity contribution < 1.29 is 32.2 Å². The van der Waals surface area contributed by atoms with Crippen LogP contribution in [0.2, 0.25) is 0 Å². The van der Waals surface area contributed by atoms with Crippen molar-refractivity contribution in [3.05, 3.63) is 86.7 Å². The number of benzene rings is 1. The Morgan fingerprint density at radius 1 is 0.939 bits per heavy atom. The Morgan fingerprint density at radius 2 is 1.63 bits per heavy atom.